The quantitative estimate of drug-likeness (QED) is 0.0821. The fourth-order valence-corrected chi connectivity index (χ4v) is 10.3. The van der Waals surface area contributed by atoms with Crippen LogP contribution >= 0.6 is 0 Å². The van der Waals surface area contributed by atoms with Gasteiger partial charge < -0.3 is 0 Å². The first-order valence-electron chi connectivity index (χ1n) is 22.8. The second-order valence-corrected chi connectivity index (χ2v) is 17.2. The van der Waals surface area contributed by atoms with Crippen molar-refractivity contribution in [2.24, 2.45) is 4.99 Å². The van der Waals surface area contributed by atoms with E-state index in [1.165, 1.54) is 72.3 Å². The van der Waals surface area contributed by atoms with Gasteiger partial charge in [-0.15, -0.1) is 5.73 Å². The largest absolute Gasteiger partial charge is 0.244 e. The Hall–Kier alpha value is -8.31. The Kier molecular flexibility index (Phi) is 10.4. The molecule has 0 N–H and O–H groups in total. The first kappa shape index (κ1) is 40.5. The predicted octanol–water partition coefficient (Wildman–Crippen LogP) is 16.7. The Labute approximate surface area is 388 Å². The van der Waals surface area contributed by atoms with Crippen molar-refractivity contribution in [2.75, 3.05) is 0 Å². The highest BCUT2D eigenvalue weighted by atomic mass is 14.8. The first-order chi connectivity index (χ1) is 32.5. The third kappa shape index (κ3) is 6.96. The van der Waals surface area contributed by atoms with Gasteiger partial charge in [-0.05, 0) is 122 Å². The summed E-state index contributed by atoms with van der Waals surface area (Å²) in [6, 6.07) is 81.3. The van der Waals surface area contributed by atoms with Gasteiger partial charge in [0.05, 0.1) is 5.41 Å². The summed E-state index contributed by atoms with van der Waals surface area (Å²) in [6.45, 7) is 6.22. The van der Waals surface area contributed by atoms with Crippen molar-refractivity contribution in [3.63, 3.8) is 0 Å². The summed E-state index contributed by atoms with van der Waals surface area (Å²) in [7, 11) is 0. The first-order valence-corrected chi connectivity index (χ1v) is 22.8. The lowest BCUT2D eigenvalue weighted by Gasteiger charge is -2.30. The van der Waals surface area contributed by atoms with Crippen LogP contribution in [0.3, 0.4) is 0 Å². The Bertz CT molecular complexity index is 3400. The molecule has 1 spiro atoms. The summed E-state index contributed by atoms with van der Waals surface area (Å²) < 4.78 is 0. The van der Waals surface area contributed by atoms with Crippen LogP contribution in [0.4, 0.5) is 0 Å². The summed E-state index contributed by atoms with van der Waals surface area (Å²) in [4.78, 5) is 5.36. The van der Waals surface area contributed by atoms with Gasteiger partial charge in [-0.2, -0.15) is 0 Å². The van der Waals surface area contributed by atoms with Gasteiger partial charge in [-0.25, -0.2) is 4.99 Å². The van der Waals surface area contributed by atoms with Gasteiger partial charge in [0.1, 0.15) is 5.70 Å². The molecule has 2 aliphatic rings. The smallest absolute Gasteiger partial charge is 0.113 e. The summed E-state index contributed by atoms with van der Waals surface area (Å²) in [5, 5.41) is 0. The zero-order valence-electron chi connectivity index (χ0n) is 37.4. The third-order valence-electron chi connectivity index (χ3n) is 13.4. The average Bonchev–Trinajstić information content (AvgIpc) is 3.85. The minimum Gasteiger partial charge on any atom is -0.244 e. The highest BCUT2D eigenvalue weighted by Crippen LogP contribution is 2.63. The van der Waals surface area contributed by atoms with E-state index in [0.29, 0.717) is 0 Å². The van der Waals surface area contributed by atoms with Crippen molar-refractivity contribution in [3.05, 3.63) is 287 Å². The van der Waals surface area contributed by atoms with Gasteiger partial charge in [0, 0.05) is 22.4 Å². The number of benzene rings is 9. The number of aliphatic imine (C=N–C) groups is 1. The number of rotatable bonds is 8. The minimum absolute atomic E-state index is 0.375. The average molecular weight is 842 g/mol. The van der Waals surface area contributed by atoms with Gasteiger partial charge in [0.15, 0.2) is 0 Å². The van der Waals surface area contributed by atoms with E-state index >= 15 is 0 Å². The van der Waals surface area contributed by atoms with Gasteiger partial charge in [0.25, 0.3) is 0 Å². The Balaban J connectivity index is 0.975. The Morgan fingerprint density at radius 1 is 0.394 bits per heavy atom. The topological polar surface area (TPSA) is 12.4 Å². The molecule has 0 amide bonds. The van der Waals surface area contributed by atoms with Crippen LogP contribution in [-0.2, 0) is 5.41 Å². The molecule has 0 heterocycles. The lowest BCUT2D eigenvalue weighted by atomic mass is 9.70. The molecule has 66 heavy (non-hydrogen) atoms. The molecule has 0 saturated carbocycles. The summed E-state index contributed by atoms with van der Waals surface area (Å²) in [5.74, 6) is 0. The van der Waals surface area contributed by atoms with Crippen LogP contribution in [0.5, 0.6) is 0 Å². The summed E-state index contributed by atoms with van der Waals surface area (Å²) in [6.07, 6.45) is 1.97. The maximum absolute atomic E-state index is 5.36. The molecule has 0 radical (unpaired) electrons. The molecule has 0 bridgehead atoms. The molecule has 312 valence electrons. The van der Waals surface area contributed by atoms with E-state index in [4.69, 9.17) is 4.99 Å². The highest BCUT2D eigenvalue weighted by Gasteiger charge is 2.51. The molecule has 11 rings (SSSR count). The zero-order chi connectivity index (χ0) is 44.6. The van der Waals surface area contributed by atoms with Gasteiger partial charge in [-0.3, -0.25) is 0 Å². The van der Waals surface area contributed by atoms with Gasteiger partial charge in [-0.1, -0.05) is 224 Å². The van der Waals surface area contributed by atoms with Crippen LogP contribution in [-0.4, -0.2) is 5.71 Å². The molecular weight excluding hydrogens is 795 g/mol. The number of nitrogens with zero attached hydrogens (tertiary/aromatic N) is 1. The monoisotopic (exact) mass is 841 g/mol. The molecule has 2 aliphatic carbocycles. The molecule has 9 aromatic carbocycles. The van der Waals surface area contributed by atoms with Crippen LogP contribution < -0.4 is 0 Å². The van der Waals surface area contributed by atoms with E-state index < -0.39 is 0 Å². The molecule has 9 aromatic rings. The third-order valence-corrected chi connectivity index (χ3v) is 13.4. The molecule has 0 fully saturated rings. The standard InChI is InChI=1S/C65H47N/c1-4-17-55(52-36-32-49(33-37-52)47-18-7-5-8-19-47)44(2)42-64(53-38-34-50(35-39-53)48-20-9-6-10-21-48)66-45(3)46-28-30-51(31-29-46)54-40-41-59-58-24-13-16-27-62(58)65(63(59)43-54)60-25-14-11-22-56(60)57-23-12-15-26-61(57)65/h4-16,18-41,43H,1-3H3/b66-45+. The van der Waals surface area contributed by atoms with E-state index in [-0.39, 0.29) is 5.41 Å². The predicted molar refractivity (Wildman–Crippen MR) is 277 cm³/mol. The van der Waals surface area contributed by atoms with Crippen molar-refractivity contribution >= 4 is 17.0 Å². The van der Waals surface area contributed by atoms with Gasteiger partial charge in [0.2, 0.25) is 0 Å². The lowest BCUT2D eigenvalue weighted by Crippen LogP contribution is -2.25. The van der Waals surface area contributed by atoms with Crippen molar-refractivity contribution in [1.29, 1.82) is 0 Å². The molecule has 0 aliphatic heterocycles. The second-order valence-electron chi connectivity index (χ2n) is 17.2. The summed E-state index contributed by atoms with van der Waals surface area (Å²) >= 11 is 0. The van der Waals surface area contributed by atoms with Crippen molar-refractivity contribution in [1.82, 2.24) is 0 Å². The number of hydrogen-bond donors (Lipinski definition) is 0. The Morgan fingerprint density at radius 2 is 0.788 bits per heavy atom. The maximum atomic E-state index is 5.36. The lowest BCUT2D eigenvalue weighted by molar-refractivity contribution is 0.794. The van der Waals surface area contributed by atoms with Crippen LogP contribution in [0.1, 0.15) is 59.7 Å². The molecule has 0 aromatic heterocycles. The minimum atomic E-state index is -0.375. The van der Waals surface area contributed by atoms with E-state index in [0.717, 1.165) is 44.8 Å². The Morgan fingerprint density at radius 3 is 1.29 bits per heavy atom. The van der Waals surface area contributed by atoms with Crippen molar-refractivity contribution in [2.45, 2.75) is 26.2 Å². The molecular formula is C65H47N. The molecule has 0 atom stereocenters. The summed E-state index contributed by atoms with van der Waals surface area (Å²) in [5.41, 5.74) is 31.4. The number of hydrogen-bond acceptors (Lipinski definition) is 1. The fraction of sp³-hybridized carbons (Fsp3) is 0.0615. The number of fused-ring (bicyclic) bond motifs is 10. The highest BCUT2D eigenvalue weighted by molar-refractivity contribution is 6.02. The van der Waals surface area contributed by atoms with E-state index in [9.17, 15) is 0 Å². The molecule has 1 heteroatoms. The fourth-order valence-electron chi connectivity index (χ4n) is 10.3. The molecule has 1 nitrogen and oxygen atoms in total. The van der Waals surface area contributed by atoms with E-state index in [1.54, 1.807) is 0 Å². The van der Waals surface area contributed by atoms with Crippen molar-refractivity contribution < 1.29 is 0 Å². The van der Waals surface area contributed by atoms with Crippen LogP contribution in [0.15, 0.2) is 253 Å². The molecule has 0 unspecified atom stereocenters. The number of allylic oxidation sites excluding steroid dienone is 2. The van der Waals surface area contributed by atoms with Crippen molar-refractivity contribution in [3.8, 4) is 55.6 Å². The van der Waals surface area contributed by atoms with Gasteiger partial charge >= 0.3 is 0 Å². The van der Waals surface area contributed by atoms with E-state index in [1.807, 2.05) is 13.0 Å². The maximum Gasteiger partial charge on any atom is 0.113 e. The normalized spacial score (nSPS) is 12.6. The second kappa shape index (κ2) is 17.0. The van der Waals surface area contributed by atoms with Crippen LogP contribution in [0.25, 0.3) is 66.9 Å². The SMILES string of the molecule is CC=C=C(C(C)=C=C(/N=C(\C)c1ccc(-c2ccc3c(c2)C2(c4ccccc4-c4ccccc42)c2ccccc2-3)cc1)c1ccc(-c2ccccc2)cc1)c1ccc(-c2ccccc2)cc1. The zero-order valence-corrected chi connectivity index (χ0v) is 37.4. The molecule has 0 saturated heterocycles. The van der Waals surface area contributed by atoms with Crippen LogP contribution in [0, 0.1) is 0 Å². The van der Waals surface area contributed by atoms with E-state index in [2.05, 4.69) is 250 Å². The van der Waals surface area contributed by atoms with Crippen LogP contribution in [0.2, 0.25) is 0 Å².